The van der Waals surface area contributed by atoms with Gasteiger partial charge in [-0.15, -0.1) is 0 Å². The first kappa shape index (κ1) is 14.0. The minimum absolute atomic E-state index is 0.0795. The van der Waals surface area contributed by atoms with Crippen LogP contribution in [-0.4, -0.2) is 4.57 Å². The molecule has 0 spiro atoms. The predicted octanol–water partition coefficient (Wildman–Crippen LogP) is 5.07. The Morgan fingerprint density at radius 2 is 1.75 bits per heavy atom. The molecule has 1 heterocycles. The van der Waals surface area contributed by atoms with Crippen LogP contribution in [0.5, 0.6) is 0 Å². The van der Waals surface area contributed by atoms with E-state index in [9.17, 15) is 4.79 Å². The summed E-state index contributed by atoms with van der Waals surface area (Å²) in [5.74, 6) is 0. The Morgan fingerprint density at radius 1 is 1.05 bits per heavy atom. The smallest absolute Gasteiger partial charge is 0.293 e. The molecule has 2 aromatic carbocycles. The molecule has 0 aliphatic carbocycles. The third kappa shape index (κ3) is 2.35. The Hall–Kier alpha value is -1.00. The van der Waals surface area contributed by atoms with Gasteiger partial charge in [-0.25, -0.2) is 0 Å². The molecular weight excluding hydrogens is 337 g/mol. The third-order valence-corrected chi connectivity index (χ3v) is 5.15. The molecule has 0 atom stereocenters. The molecule has 0 saturated carbocycles. The second kappa shape index (κ2) is 5.41. The lowest BCUT2D eigenvalue weighted by atomic mass is 10.2. The number of aromatic nitrogens is 1. The largest absolute Gasteiger partial charge is 0.308 e. The summed E-state index contributed by atoms with van der Waals surface area (Å²) < 4.78 is 2.37. The Kier molecular flexibility index (Phi) is 3.78. The van der Waals surface area contributed by atoms with E-state index in [0.717, 1.165) is 21.6 Å². The fourth-order valence-electron chi connectivity index (χ4n) is 2.04. The van der Waals surface area contributed by atoms with Gasteiger partial charge in [0.15, 0.2) is 0 Å². The van der Waals surface area contributed by atoms with E-state index in [1.165, 1.54) is 0 Å². The Bertz CT molecular complexity index is 839. The lowest BCUT2D eigenvalue weighted by molar-refractivity contribution is 0.816. The highest BCUT2D eigenvalue weighted by Crippen LogP contribution is 2.37. The van der Waals surface area contributed by atoms with Crippen LogP contribution in [-0.2, 0) is 6.54 Å². The molecule has 102 valence electrons. The van der Waals surface area contributed by atoms with Crippen LogP contribution in [0.1, 0.15) is 5.56 Å². The monoisotopic (exact) mass is 343 g/mol. The fraction of sp³-hybridized carbons (Fsp3) is 0.0714. The van der Waals surface area contributed by atoms with Crippen LogP contribution in [0.2, 0.25) is 15.1 Å². The lowest BCUT2D eigenvalue weighted by Gasteiger charge is -2.07. The van der Waals surface area contributed by atoms with Crippen LogP contribution < -0.4 is 4.87 Å². The van der Waals surface area contributed by atoms with E-state index in [1.54, 1.807) is 10.6 Å². The molecule has 0 fully saturated rings. The average Bonchev–Trinajstić information content (AvgIpc) is 2.74. The number of rotatable bonds is 2. The van der Waals surface area contributed by atoms with Gasteiger partial charge < -0.3 is 0 Å². The van der Waals surface area contributed by atoms with Gasteiger partial charge in [0.25, 0.3) is 0 Å². The van der Waals surface area contributed by atoms with Crippen molar-refractivity contribution in [3.05, 3.63) is 66.7 Å². The van der Waals surface area contributed by atoms with Crippen molar-refractivity contribution in [2.24, 2.45) is 0 Å². The van der Waals surface area contributed by atoms with Gasteiger partial charge >= 0.3 is 4.87 Å². The van der Waals surface area contributed by atoms with Gasteiger partial charge in [-0.2, -0.15) is 0 Å². The first-order valence-corrected chi connectivity index (χ1v) is 7.73. The summed E-state index contributed by atoms with van der Waals surface area (Å²) in [6, 6.07) is 11.4. The molecule has 0 amide bonds. The minimum Gasteiger partial charge on any atom is -0.293 e. The predicted molar refractivity (Wildman–Crippen MR) is 86.7 cm³/mol. The standard InChI is InChI=1S/C14H8Cl3NOS/c15-9-6-10-13(12(17)11(9)16)18(14(19)20-10)7-8-4-2-1-3-5-8/h1-6H,7H2. The van der Waals surface area contributed by atoms with E-state index in [-0.39, 0.29) is 9.90 Å². The summed E-state index contributed by atoms with van der Waals surface area (Å²) in [7, 11) is 0. The highest BCUT2D eigenvalue weighted by Gasteiger charge is 2.16. The van der Waals surface area contributed by atoms with Crippen molar-refractivity contribution < 1.29 is 0 Å². The molecule has 0 radical (unpaired) electrons. The van der Waals surface area contributed by atoms with Gasteiger partial charge in [0.05, 0.1) is 31.8 Å². The van der Waals surface area contributed by atoms with E-state index in [2.05, 4.69) is 0 Å². The number of hydrogen-bond donors (Lipinski definition) is 0. The number of thiazole rings is 1. The molecule has 2 nitrogen and oxygen atoms in total. The summed E-state index contributed by atoms with van der Waals surface area (Å²) in [4.78, 5) is 12.1. The van der Waals surface area contributed by atoms with Gasteiger partial charge in [0, 0.05) is 0 Å². The highest BCUT2D eigenvalue weighted by atomic mass is 35.5. The second-order valence-corrected chi connectivity index (χ2v) is 6.43. The summed E-state index contributed by atoms with van der Waals surface area (Å²) in [5.41, 5.74) is 1.66. The molecule has 0 N–H and O–H groups in total. The molecule has 0 aliphatic rings. The maximum Gasteiger partial charge on any atom is 0.308 e. The van der Waals surface area contributed by atoms with Crippen molar-refractivity contribution in [2.45, 2.75) is 6.54 Å². The van der Waals surface area contributed by atoms with Crippen molar-refractivity contribution in [1.29, 1.82) is 0 Å². The van der Waals surface area contributed by atoms with Crippen LogP contribution >= 0.6 is 46.1 Å². The van der Waals surface area contributed by atoms with Crippen molar-refractivity contribution in [2.75, 3.05) is 0 Å². The van der Waals surface area contributed by atoms with Gasteiger partial charge in [-0.1, -0.05) is 76.5 Å². The number of hydrogen-bond acceptors (Lipinski definition) is 2. The second-order valence-electron chi connectivity index (χ2n) is 4.27. The third-order valence-electron chi connectivity index (χ3n) is 2.97. The first-order chi connectivity index (χ1) is 9.58. The molecule has 1 aromatic heterocycles. The molecule has 3 aromatic rings. The summed E-state index contributed by atoms with van der Waals surface area (Å²) in [6.45, 7) is 0.456. The van der Waals surface area contributed by atoms with Crippen LogP contribution in [0, 0.1) is 0 Å². The van der Waals surface area contributed by atoms with E-state index >= 15 is 0 Å². The van der Waals surface area contributed by atoms with Gasteiger partial charge in [0.1, 0.15) is 0 Å². The van der Waals surface area contributed by atoms with Crippen molar-refractivity contribution in [1.82, 2.24) is 4.57 Å². The van der Waals surface area contributed by atoms with Gasteiger partial charge in [-0.05, 0) is 11.6 Å². The van der Waals surface area contributed by atoms with Crippen LogP contribution in [0.25, 0.3) is 10.2 Å². The van der Waals surface area contributed by atoms with Crippen molar-refractivity contribution >= 4 is 56.4 Å². The Balaban J connectivity index is 2.23. The molecule has 20 heavy (non-hydrogen) atoms. The fourth-order valence-corrected chi connectivity index (χ4v) is 3.81. The SMILES string of the molecule is O=c1sc2cc(Cl)c(Cl)c(Cl)c2n1Cc1ccccc1. The number of fused-ring (bicyclic) bond motifs is 1. The normalized spacial score (nSPS) is 11.2. The minimum atomic E-state index is -0.0795. The van der Waals surface area contributed by atoms with Crippen molar-refractivity contribution in [3.8, 4) is 0 Å². The topological polar surface area (TPSA) is 22.0 Å². The van der Waals surface area contributed by atoms with E-state index < -0.39 is 0 Å². The molecule has 0 aliphatic heterocycles. The maximum atomic E-state index is 12.2. The number of halogens is 3. The van der Waals surface area contributed by atoms with Gasteiger partial charge in [0.2, 0.25) is 0 Å². The summed E-state index contributed by atoms with van der Waals surface area (Å²) in [6.07, 6.45) is 0. The molecule has 0 bridgehead atoms. The number of nitrogens with zero attached hydrogens (tertiary/aromatic N) is 1. The van der Waals surface area contributed by atoms with E-state index in [1.807, 2.05) is 30.3 Å². The zero-order valence-corrected chi connectivity index (χ0v) is 13.2. The molecule has 3 rings (SSSR count). The molecule has 0 saturated heterocycles. The zero-order chi connectivity index (χ0) is 14.3. The van der Waals surface area contributed by atoms with Crippen molar-refractivity contribution in [3.63, 3.8) is 0 Å². The Labute approximate surface area is 134 Å². The molecule has 0 unspecified atom stereocenters. The summed E-state index contributed by atoms with van der Waals surface area (Å²) in [5, 5.41) is 0.959. The van der Waals surface area contributed by atoms with E-state index in [4.69, 9.17) is 34.8 Å². The average molecular weight is 345 g/mol. The van der Waals surface area contributed by atoms with Crippen LogP contribution in [0.15, 0.2) is 41.2 Å². The zero-order valence-electron chi connectivity index (χ0n) is 10.1. The number of benzene rings is 2. The quantitative estimate of drug-likeness (QED) is 0.595. The van der Waals surface area contributed by atoms with E-state index in [0.29, 0.717) is 22.1 Å². The first-order valence-electron chi connectivity index (χ1n) is 5.78. The maximum absolute atomic E-state index is 12.2. The highest BCUT2D eigenvalue weighted by molar-refractivity contribution is 7.16. The van der Waals surface area contributed by atoms with Gasteiger partial charge in [-0.3, -0.25) is 9.36 Å². The summed E-state index contributed by atoms with van der Waals surface area (Å²) >= 11 is 19.4. The lowest BCUT2D eigenvalue weighted by Crippen LogP contribution is -2.13. The molecular formula is C14H8Cl3NOS. The molecule has 6 heteroatoms. The van der Waals surface area contributed by atoms with Crippen LogP contribution in [0.4, 0.5) is 0 Å². The van der Waals surface area contributed by atoms with Crippen LogP contribution in [0.3, 0.4) is 0 Å². The Morgan fingerprint density at radius 3 is 2.45 bits per heavy atom.